The van der Waals surface area contributed by atoms with Crippen molar-refractivity contribution in [3.63, 3.8) is 0 Å². The molecule has 1 amide bonds. The molecule has 1 aromatic carbocycles. The molecule has 29 heavy (non-hydrogen) atoms. The molecule has 0 unspecified atom stereocenters. The van der Waals surface area contributed by atoms with Gasteiger partial charge in [-0.2, -0.15) is 13.2 Å². The number of carbonyl (C=O) groups excluding carboxylic acids is 1. The zero-order valence-electron chi connectivity index (χ0n) is 15.5. The van der Waals surface area contributed by atoms with Crippen LogP contribution in [-0.2, 0) is 30.7 Å². The SMILES string of the molecule is CN(Cc1ccc(C(F)(F)F)nc1)C(=O)c1ccc2nc(N)c3c(c2c1)COC3. The van der Waals surface area contributed by atoms with E-state index in [-0.39, 0.29) is 12.5 Å². The molecule has 1 aliphatic rings. The lowest BCUT2D eigenvalue weighted by Gasteiger charge is -2.18. The van der Waals surface area contributed by atoms with Gasteiger partial charge in [-0.3, -0.25) is 9.78 Å². The minimum Gasteiger partial charge on any atom is -0.383 e. The van der Waals surface area contributed by atoms with E-state index in [9.17, 15) is 18.0 Å². The van der Waals surface area contributed by atoms with Crippen LogP contribution in [0.25, 0.3) is 10.9 Å². The van der Waals surface area contributed by atoms with Crippen molar-refractivity contribution in [1.82, 2.24) is 14.9 Å². The first-order valence-electron chi connectivity index (χ1n) is 8.80. The Morgan fingerprint density at radius 2 is 1.97 bits per heavy atom. The van der Waals surface area contributed by atoms with Gasteiger partial charge >= 0.3 is 6.18 Å². The fourth-order valence-corrected chi connectivity index (χ4v) is 3.36. The van der Waals surface area contributed by atoms with Crippen LogP contribution in [0.15, 0.2) is 36.5 Å². The Labute approximate surface area is 164 Å². The number of nitrogens with zero attached hydrogens (tertiary/aromatic N) is 3. The number of ether oxygens (including phenoxy) is 1. The lowest BCUT2D eigenvalue weighted by molar-refractivity contribution is -0.141. The number of nitrogens with two attached hydrogens (primary N) is 1. The Bertz CT molecular complexity index is 1100. The summed E-state index contributed by atoms with van der Waals surface area (Å²) in [5, 5.41) is 0.808. The number of fused-ring (bicyclic) bond motifs is 3. The van der Waals surface area contributed by atoms with Gasteiger partial charge in [-0.05, 0) is 35.4 Å². The van der Waals surface area contributed by atoms with Crippen molar-refractivity contribution in [2.45, 2.75) is 25.9 Å². The van der Waals surface area contributed by atoms with Crippen molar-refractivity contribution < 1.29 is 22.7 Å². The maximum Gasteiger partial charge on any atom is 0.433 e. The first-order valence-corrected chi connectivity index (χ1v) is 8.80. The Morgan fingerprint density at radius 3 is 2.66 bits per heavy atom. The monoisotopic (exact) mass is 402 g/mol. The number of benzene rings is 1. The van der Waals surface area contributed by atoms with Crippen molar-refractivity contribution in [3.8, 4) is 0 Å². The second-order valence-corrected chi connectivity index (χ2v) is 6.89. The second-order valence-electron chi connectivity index (χ2n) is 6.89. The van der Waals surface area contributed by atoms with Gasteiger partial charge in [-0.25, -0.2) is 4.98 Å². The molecule has 1 aliphatic heterocycles. The molecule has 150 valence electrons. The molecule has 0 saturated carbocycles. The molecule has 0 atom stereocenters. The van der Waals surface area contributed by atoms with Crippen molar-refractivity contribution in [2.75, 3.05) is 12.8 Å². The molecule has 6 nitrogen and oxygen atoms in total. The van der Waals surface area contributed by atoms with Crippen LogP contribution in [0, 0.1) is 0 Å². The summed E-state index contributed by atoms with van der Waals surface area (Å²) in [6, 6.07) is 7.35. The molecule has 3 heterocycles. The maximum atomic E-state index is 12.8. The molecule has 0 fully saturated rings. The average molecular weight is 402 g/mol. The molecule has 4 rings (SSSR count). The molecule has 0 aliphatic carbocycles. The Hall–Kier alpha value is -3.20. The van der Waals surface area contributed by atoms with Gasteiger partial charge in [0.1, 0.15) is 11.5 Å². The summed E-state index contributed by atoms with van der Waals surface area (Å²) < 4.78 is 43.4. The molecular weight excluding hydrogens is 385 g/mol. The first-order chi connectivity index (χ1) is 13.7. The Balaban J connectivity index is 1.57. The lowest BCUT2D eigenvalue weighted by Crippen LogP contribution is -2.26. The zero-order chi connectivity index (χ0) is 20.8. The molecule has 3 aromatic rings. The fraction of sp³-hybridized carbons (Fsp3) is 0.250. The van der Waals surface area contributed by atoms with E-state index in [0.717, 1.165) is 28.8 Å². The first kappa shape index (κ1) is 19.1. The standard InChI is InChI=1S/C20H17F3N4O2/c1-27(8-11-2-5-17(25-7-11)20(21,22)23)19(28)12-3-4-16-13(6-12)14-9-29-10-15(14)18(24)26-16/h2-7H,8-10H2,1H3,(H2,24,26). The van der Waals surface area contributed by atoms with Gasteiger partial charge in [0.2, 0.25) is 0 Å². The van der Waals surface area contributed by atoms with Crippen molar-refractivity contribution in [1.29, 1.82) is 0 Å². The largest absolute Gasteiger partial charge is 0.433 e. The van der Waals surface area contributed by atoms with Crippen LogP contribution in [0.3, 0.4) is 0 Å². The number of amides is 1. The van der Waals surface area contributed by atoms with E-state index in [1.165, 1.54) is 11.0 Å². The summed E-state index contributed by atoms with van der Waals surface area (Å²) in [7, 11) is 1.58. The van der Waals surface area contributed by atoms with Crippen LogP contribution in [-0.4, -0.2) is 27.8 Å². The van der Waals surface area contributed by atoms with Crippen LogP contribution >= 0.6 is 0 Å². The summed E-state index contributed by atoms with van der Waals surface area (Å²) in [5.41, 5.74) is 8.39. The number of alkyl halides is 3. The van der Waals surface area contributed by atoms with E-state index in [1.807, 2.05) is 0 Å². The van der Waals surface area contributed by atoms with E-state index >= 15 is 0 Å². The van der Waals surface area contributed by atoms with E-state index in [4.69, 9.17) is 10.5 Å². The minimum atomic E-state index is -4.49. The molecule has 2 N–H and O–H groups in total. The number of anilines is 1. The van der Waals surface area contributed by atoms with Gasteiger partial charge in [0.15, 0.2) is 0 Å². The second kappa shape index (κ2) is 7.00. The average Bonchev–Trinajstić information content (AvgIpc) is 3.18. The predicted molar refractivity (Wildman–Crippen MR) is 99.7 cm³/mol. The predicted octanol–water partition coefficient (Wildman–Crippen LogP) is 3.53. The number of nitrogen functional groups attached to an aromatic ring is 1. The lowest BCUT2D eigenvalue weighted by atomic mass is 10.0. The summed E-state index contributed by atoms with van der Waals surface area (Å²) in [5.74, 6) is 0.160. The van der Waals surface area contributed by atoms with Gasteiger partial charge in [-0.1, -0.05) is 6.07 Å². The van der Waals surface area contributed by atoms with Gasteiger partial charge < -0.3 is 15.4 Å². The van der Waals surface area contributed by atoms with Crippen LogP contribution in [0.2, 0.25) is 0 Å². The van der Waals surface area contributed by atoms with E-state index < -0.39 is 11.9 Å². The number of aromatic nitrogens is 2. The Kier molecular flexibility index (Phi) is 4.62. The number of rotatable bonds is 3. The van der Waals surface area contributed by atoms with E-state index in [2.05, 4.69) is 9.97 Å². The zero-order valence-corrected chi connectivity index (χ0v) is 15.5. The summed E-state index contributed by atoms with van der Waals surface area (Å²) in [6.45, 7) is 0.926. The minimum absolute atomic E-state index is 0.128. The van der Waals surface area contributed by atoms with Gasteiger partial charge in [0.05, 0.1) is 18.7 Å². The van der Waals surface area contributed by atoms with Crippen molar-refractivity contribution >= 4 is 22.6 Å². The number of halogens is 3. The topological polar surface area (TPSA) is 81.3 Å². The highest BCUT2D eigenvalue weighted by Crippen LogP contribution is 2.32. The smallest absolute Gasteiger partial charge is 0.383 e. The van der Waals surface area contributed by atoms with E-state index in [0.29, 0.717) is 35.7 Å². The van der Waals surface area contributed by atoms with Crippen LogP contribution in [0.4, 0.5) is 19.0 Å². The van der Waals surface area contributed by atoms with Crippen molar-refractivity contribution in [2.24, 2.45) is 0 Å². The highest BCUT2D eigenvalue weighted by Gasteiger charge is 2.32. The highest BCUT2D eigenvalue weighted by atomic mass is 19.4. The molecular formula is C20H17F3N4O2. The summed E-state index contributed by atoms with van der Waals surface area (Å²) >= 11 is 0. The van der Waals surface area contributed by atoms with E-state index in [1.54, 1.807) is 25.2 Å². The molecule has 0 saturated heterocycles. The molecule has 9 heteroatoms. The maximum absolute atomic E-state index is 12.8. The highest BCUT2D eigenvalue weighted by molar-refractivity contribution is 5.99. The number of carbonyl (C=O) groups is 1. The normalized spacial score (nSPS) is 13.5. The van der Waals surface area contributed by atoms with Crippen LogP contribution in [0.5, 0.6) is 0 Å². The number of pyridine rings is 2. The molecule has 2 aromatic heterocycles. The quantitative estimate of drug-likeness (QED) is 0.725. The van der Waals surface area contributed by atoms with Gasteiger partial charge in [-0.15, -0.1) is 0 Å². The summed E-state index contributed by atoms with van der Waals surface area (Å²) in [6.07, 6.45) is -3.36. The van der Waals surface area contributed by atoms with Gasteiger partial charge in [0.25, 0.3) is 5.91 Å². The molecule has 0 radical (unpaired) electrons. The molecule has 0 bridgehead atoms. The Morgan fingerprint density at radius 1 is 1.21 bits per heavy atom. The van der Waals surface area contributed by atoms with Crippen LogP contribution < -0.4 is 5.73 Å². The number of hydrogen-bond donors (Lipinski definition) is 1. The third-order valence-corrected chi connectivity index (χ3v) is 4.86. The summed E-state index contributed by atoms with van der Waals surface area (Å²) in [4.78, 5) is 22.0. The molecule has 0 spiro atoms. The third kappa shape index (κ3) is 3.61. The third-order valence-electron chi connectivity index (χ3n) is 4.86. The number of hydrogen-bond acceptors (Lipinski definition) is 5. The van der Waals surface area contributed by atoms with Crippen molar-refractivity contribution in [3.05, 3.63) is 64.5 Å². The van der Waals surface area contributed by atoms with Gasteiger partial charge in [0, 0.05) is 36.3 Å². The van der Waals surface area contributed by atoms with Crippen LogP contribution in [0.1, 0.15) is 32.7 Å². The fourth-order valence-electron chi connectivity index (χ4n) is 3.36.